The first-order valence-electron chi connectivity index (χ1n) is 8.39. The lowest BCUT2D eigenvalue weighted by Gasteiger charge is -2.04. The summed E-state index contributed by atoms with van der Waals surface area (Å²) >= 11 is 7.56. The smallest absolute Gasteiger partial charge is 0.274 e. The molecule has 0 unspecified atom stereocenters. The van der Waals surface area contributed by atoms with E-state index in [9.17, 15) is 4.79 Å². The molecular formula is C20H18ClN3OS. The molecule has 26 heavy (non-hydrogen) atoms. The molecule has 0 aliphatic rings. The van der Waals surface area contributed by atoms with Crippen molar-refractivity contribution in [2.24, 2.45) is 7.05 Å². The number of halogens is 1. The number of hydrogen-bond donors (Lipinski definition) is 1. The van der Waals surface area contributed by atoms with Gasteiger partial charge in [0.1, 0.15) is 5.69 Å². The van der Waals surface area contributed by atoms with Crippen molar-refractivity contribution in [3.63, 3.8) is 0 Å². The van der Waals surface area contributed by atoms with Crippen LogP contribution in [-0.2, 0) is 7.05 Å². The Bertz CT molecular complexity index is 1140. The molecule has 0 bridgehead atoms. The molecule has 4 aromatic rings. The summed E-state index contributed by atoms with van der Waals surface area (Å²) < 4.78 is 2.93. The van der Waals surface area contributed by atoms with Gasteiger partial charge in [0.15, 0.2) is 5.13 Å². The summed E-state index contributed by atoms with van der Waals surface area (Å²) in [7, 11) is 1.86. The van der Waals surface area contributed by atoms with E-state index in [1.165, 1.54) is 16.9 Å². The van der Waals surface area contributed by atoms with Crippen LogP contribution in [0.2, 0.25) is 5.02 Å². The van der Waals surface area contributed by atoms with Gasteiger partial charge < -0.3 is 4.57 Å². The maximum atomic E-state index is 12.7. The van der Waals surface area contributed by atoms with Crippen molar-refractivity contribution < 1.29 is 4.79 Å². The highest BCUT2D eigenvalue weighted by molar-refractivity contribution is 7.22. The van der Waals surface area contributed by atoms with Crippen molar-refractivity contribution in [2.75, 3.05) is 5.32 Å². The van der Waals surface area contributed by atoms with E-state index in [-0.39, 0.29) is 5.91 Å². The van der Waals surface area contributed by atoms with E-state index in [1.54, 1.807) is 0 Å². The maximum Gasteiger partial charge on any atom is 0.274 e. The van der Waals surface area contributed by atoms with Gasteiger partial charge in [-0.15, -0.1) is 0 Å². The second kappa shape index (κ2) is 6.41. The number of rotatable bonds is 3. The van der Waals surface area contributed by atoms with Gasteiger partial charge in [-0.3, -0.25) is 10.1 Å². The van der Waals surface area contributed by atoms with E-state index in [0.29, 0.717) is 21.8 Å². The summed E-state index contributed by atoms with van der Waals surface area (Å²) in [6, 6.07) is 13.7. The average Bonchev–Trinajstić information content (AvgIpc) is 3.14. The van der Waals surface area contributed by atoms with Gasteiger partial charge in [-0.2, -0.15) is 0 Å². The Kier molecular flexibility index (Phi) is 4.21. The third kappa shape index (κ3) is 2.97. The number of aromatic nitrogens is 2. The zero-order valence-corrected chi connectivity index (χ0v) is 16.3. The molecule has 6 heteroatoms. The van der Waals surface area contributed by atoms with Crippen molar-refractivity contribution in [2.45, 2.75) is 19.8 Å². The number of thiazole rings is 1. The van der Waals surface area contributed by atoms with Gasteiger partial charge in [0.05, 0.1) is 10.2 Å². The normalized spacial score (nSPS) is 11.6. The number of benzene rings is 2. The van der Waals surface area contributed by atoms with Crippen molar-refractivity contribution >= 4 is 55.1 Å². The molecule has 1 N–H and O–H groups in total. The lowest BCUT2D eigenvalue weighted by atomic mass is 10.0. The monoisotopic (exact) mass is 383 g/mol. The van der Waals surface area contributed by atoms with Crippen LogP contribution in [0.25, 0.3) is 21.1 Å². The number of carbonyl (C=O) groups is 1. The SMILES string of the molecule is CC(C)c1ccc2nc(NC(=O)c3cc4ccc(Cl)cc4n3C)sc2c1. The van der Waals surface area contributed by atoms with Gasteiger partial charge in [0, 0.05) is 23.0 Å². The molecule has 0 aliphatic heterocycles. The Balaban J connectivity index is 1.66. The van der Waals surface area contributed by atoms with E-state index < -0.39 is 0 Å². The minimum absolute atomic E-state index is 0.178. The van der Waals surface area contributed by atoms with E-state index in [4.69, 9.17) is 11.6 Å². The molecule has 0 aliphatic carbocycles. The van der Waals surface area contributed by atoms with Crippen LogP contribution in [0.4, 0.5) is 5.13 Å². The highest BCUT2D eigenvalue weighted by Gasteiger charge is 2.16. The standard InChI is InChI=1S/C20H18ClN3OS/c1-11(2)12-5-7-15-18(9-12)26-20(22-15)23-19(25)17-8-13-4-6-14(21)10-16(13)24(17)3/h4-11H,1-3H3,(H,22,23,25). The summed E-state index contributed by atoms with van der Waals surface area (Å²) in [5.41, 5.74) is 3.67. The molecule has 0 atom stereocenters. The average molecular weight is 384 g/mol. The summed E-state index contributed by atoms with van der Waals surface area (Å²) in [6.07, 6.45) is 0. The van der Waals surface area contributed by atoms with Gasteiger partial charge in [-0.05, 0) is 41.8 Å². The zero-order chi connectivity index (χ0) is 18.4. The molecular weight excluding hydrogens is 366 g/mol. The first-order chi connectivity index (χ1) is 12.4. The van der Waals surface area contributed by atoms with Crippen LogP contribution in [-0.4, -0.2) is 15.5 Å². The Hall–Kier alpha value is -2.37. The van der Waals surface area contributed by atoms with Gasteiger partial charge in [0.25, 0.3) is 5.91 Å². The first kappa shape index (κ1) is 17.1. The maximum absolute atomic E-state index is 12.7. The number of fused-ring (bicyclic) bond motifs is 2. The zero-order valence-electron chi connectivity index (χ0n) is 14.7. The van der Waals surface area contributed by atoms with Crippen LogP contribution >= 0.6 is 22.9 Å². The predicted octanol–water partition coefficient (Wildman–Crippen LogP) is 5.82. The molecule has 4 rings (SSSR count). The van der Waals surface area contributed by atoms with Gasteiger partial charge in [0.2, 0.25) is 0 Å². The molecule has 0 saturated heterocycles. The number of aryl methyl sites for hydroxylation is 1. The van der Waals surface area contributed by atoms with E-state index in [1.807, 2.05) is 41.9 Å². The minimum atomic E-state index is -0.178. The van der Waals surface area contributed by atoms with Crippen molar-refractivity contribution in [3.8, 4) is 0 Å². The second-order valence-electron chi connectivity index (χ2n) is 6.65. The predicted molar refractivity (Wildman–Crippen MR) is 110 cm³/mol. The Morgan fingerprint density at radius 1 is 1.19 bits per heavy atom. The van der Waals surface area contributed by atoms with Gasteiger partial charge >= 0.3 is 0 Å². The fraction of sp³-hybridized carbons (Fsp3) is 0.200. The van der Waals surface area contributed by atoms with Crippen LogP contribution in [0, 0.1) is 0 Å². The van der Waals surface area contributed by atoms with Crippen LogP contribution in [0.15, 0.2) is 42.5 Å². The topological polar surface area (TPSA) is 46.9 Å². The minimum Gasteiger partial charge on any atom is -0.340 e. The molecule has 1 amide bonds. The Labute approximate surface area is 160 Å². The van der Waals surface area contributed by atoms with Crippen LogP contribution in [0.3, 0.4) is 0 Å². The van der Waals surface area contributed by atoms with E-state index in [0.717, 1.165) is 21.1 Å². The molecule has 0 saturated carbocycles. The molecule has 2 heterocycles. The largest absolute Gasteiger partial charge is 0.340 e. The molecule has 0 spiro atoms. The number of amides is 1. The molecule has 0 radical (unpaired) electrons. The summed E-state index contributed by atoms with van der Waals surface area (Å²) in [5, 5.41) is 5.16. The van der Waals surface area contributed by atoms with E-state index in [2.05, 4.69) is 36.3 Å². The second-order valence-corrected chi connectivity index (χ2v) is 8.11. The highest BCUT2D eigenvalue weighted by atomic mass is 35.5. The van der Waals surface area contributed by atoms with Crippen LogP contribution in [0.1, 0.15) is 35.8 Å². The van der Waals surface area contributed by atoms with Crippen LogP contribution in [0.5, 0.6) is 0 Å². The Morgan fingerprint density at radius 2 is 2.00 bits per heavy atom. The number of nitrogens with zero attached hydrogens (tertiary/aromatic N) is 2. The van der Waals surface area contributed by atoms with Gasteiger partial charge in [-0.25, -0.2) is 4.98 Å². The van der Waals surface area contributed by atoms with Gasteiger partial charge in [-0.1, -0.05) is 48.9 Å². The lowest BCUT2D eigenvalue weighted by Crippen LogP contribution is -2.15. The first-order valence-corrected chi connectivity index (χ1v) is 9.58. The highest BCUT2D eigenvalue weighted by Crippen LogP contribution is 2.30. The molecule has 0 fully saturated rings. The quantitative estimate of drug-likeness (QED) is 0.484. The van der Waals surface area contributed by atoms with E-state index >= 15 is 0 Å². The third-order valence-electron chi connectivity index (χ3n) is 4.54. The molecule has 4 nitrogen and oxygen atoms in total. The van der Waals surface area contributed by atoms with Crippen LogP contribution < -0.4 is 5.32 Å². The van der Waals surface area contributed by atoms with Crippen molar-refractivity contribution in [3.05, 3.63) is 58.7 Å². The third-order valence-corrected chi connectivity index (χ3v) is 5.71. The van der Waals surface area contributed by atoms with Crippen molar-refractivity contribution in [1.82, 2.24) is 9.55 Å². The summed E-state index contributed by atoms with van der Waals surface area (Å²) in [5.74, 6) is 0.283. The number of anilines is 1. The summed E-state index contributed by atoms with van der Waals surface area (Å²) in [6.45, 7) is 4.33. The molecule has 2 aromatic carbocycles. The van der Waals surface area contributed by atoms with Crippen molar-refractivity contribution in [1.29, 1.82) is 0 Å². The number of carbonyl (C=O) groups excluding carboxylic acids is 1. The summed E-state index contributed by atoms with van der Waals surface area (Å²) in [4.78, 5) is 17.3. The number of hydrogen-bond acceptors (Lipinski definition) is 3. The molecule has 2 aromatic heterocycles. The molecule has 132 valence electrons. The Morgan fingerprint density at radius 3 is 2.77 bits per heavy atom. The lowest BCUT2D eigenvalue weighted by molar-refractivity contribution is 0.102. The fourth-order valence-electron chi connectivity index (χ4n) is 3.04. The number of nitrogens with one attached hydrogen (secondary N) is 1. The fourth-order valence-corrected chi connectivity index (χ4v) is 4.11.